The number of fused-ring (bicyclic) bond motifs is 1. The summed E-state index contributed by atoms with van der Waals surface area (Å²) in [5.41, 5.74) is 1.29. The predicted octanol–water partition coefficient (Wildman–Crippen LogP) is 2.02. The lowest BCUT2D eigenvalue weighted by Gasteiger charge is -2.17. The van der Waals surface area contributed by atoms with Crippen LogP contribution in [-0.4, -0.2) is 27.3 Å². The third kappa shape index (κ3) is 4.28. The van der Waals surface area contributed by atoms with Crippen molar-refractivity contribution in [2.24, 2.45) is 0 Å². The summed E-state index contributed by atoms with van der Waals surface area (Å²) in [5.74, 6) is -0.0717. The first kappa shape index (κ1) is 18.5. The van der Waals surface area contributed by atoms with Crippen LogP contribution in [0, 0.1) is 6.92 Å². The average Bonchev–Trinajstić information content (AvgIpc) is 2.65. The molecule has 0 saturated carbocycles. The van der Waals surface area contributed by atoms with E-state index in [2.05, 4.69) is 10.3 Å². The molecule has 27 heavy (non-hydrogen) atoms. The maximum Gasteiger partial charge on any atom is 0.261 e. The first-order chi connectivity index (χ1) is 13.0. The van der Waals surface area contributed by atoms with Crippen molar-refractivity contribution >= 4 is 22.6 Å². The number of aryl methyl sites for hydroxylation is 1. The van der Waals surface area contributed by atoms with Gasteiger partial charge in [-0.2, -0.15) is 0 Å². The minimum Gasteiger partial charge on any atom is -0.344 e. The molecule has 0 aliphatic heterocycles. The lowest BCUT2D eigenvalue weighted by atomic mass is 10.0. The van der Waals surface area contributed by atoms with Crippen molar-refractivity contribution in [1.82, 2.24) is 14.9 Å². The maximum absolute atomic E-state index is 12.7. The first-order valence-corrected chi connectivity index (χ1v) is 8.75. The normalized spacial score (nSPS) is 11.9. The Hall–Kier alpha value is -3.28. The summed E-state index contributed by atoms with van der Waals surface area (Å²) in [6.45, 7) is 2.96. The Morgan fingerprint density at radius 3 is 2.44 bits per heavy atom. The zero-order valence-electron chi connectivity index (χ0n) is 15.3. The van der Waals surface area contributed by atoms with E-state index >= 15 is 0 Å². The van der Waals surface area contributed by atoms with Gasteiger partial charge in [-0.15, -0.1) is 0 Å². The lowest BCUT2D eigenvalue weighted by molar-refractivity contribution is -0.127. The minimum absolute atomic E-state index is 0.132. The fourth-order valence-electron chi connectivity index (χ4n) is 2.99. The Morgan fingerprint density at radius 1 is 1.07 bits per heavy atom. The van der Waals surface area contributed by atoms with Crippen LogP contribution in [0.1, 0.15) is 18.3 Å². The molecule has 0 fully saturated rings. The number of carbonyl (C=O) groups excluding carboxylic acids is 2. The third-order valence-corrected chi connectivity index (χ3v) is 4.46. The van der Waals surface area contributed by atoms with Gasteiger partial charge in [0.2, 0.25) is 5.91 Å². The fourth-order valence-corrected chi connectivity index (χ4v) is 2.99. The van der Waals surface area contributed by atoms with E-state index in [4.69, 9.17) is 0 Å². The van der Waals surface area contributed by atoms with Crippen LogP contribution in [0.5, 0.6) is 0 Å². The van der Waals surface area contributed by atoms with E-state index in [1.165, 1.54) is 11.5 Å². The van der Waals surface area contributed by atoms with E-state index in [-0.39, 0.29) is 17.9 Å². The molecule has 2 aromatic carbocycles. The molecule has 1 N–H and O–H groups in total. The van der Waals surface area contributed by atoms with Crippen molar-refractivity contribution in [2.45, 2.75) is 32.9 Å². The summed E-state index contributed by atoms with van der Waals surface area (Å²) in [7, 11) is 0. The number of para-hydroxylation sites is 1. The van der Waals surface area contributed by atoms with Gasteiger partial charge in [0.25, 0.3) is 5.56 Å². The third-order valence-electron chi connectivity index (χ3n) is 4.46. The molecule has 0 bridgehead atoms. The highest BCUT2D eigenvalue weighted by Gasteiger charge is 2.19. The zero-order chi connectivity index (χ0) is 19.4. The average molecular weight is 363 g/mol. The van der Waals surface area contributed by atoms with Crippen LogP contribution in [-0.2, 0) is 22.6 Å². The van der Waals surface area contributed by atoms with E-state index in [1.54, 1.807) is 25.1 Å². The summed E-state index contributed by atoms with van der Waals surface area (Å²) >= 11 is 0. The van der Waals surface area contributed by atoms with Gasteiger partial charge in [0, 0.05) is 0 Å². The van der Waals surface area contributed by atoms with Crippen LogP contribution >= 0.6 is 0 Å². The molecule has 0 unspecified atom stereocenters. The highest BCUT2D eigenvalue weighted by atomic mass is 16.2. The molecule has 1 amide bonds. The van der Waals surface area contributed by atoms with Crippen LogP contribution in [0.25, 0.3) is 10.9 Å². The minimum atomic E-state index is -0.635. The van der Waals surface area contributed by atoms with Crippen molar-refractivity contribution in [2.75, 3.05) is 0 Å². The molecular weight excluding hydrogens is 342 g/mol. The molecule has 138 valence electrons. The maximum atomic E-state index is 12.7. The predicted molar refractivity (Wildman–Crippen MR) is 103 cm³/mol. The number of hydrogen-bond donors (Lipinski definition) is 1. The largest absolute Gasteiger partial charge is 0.344 e. The van der Waals surface area contributed by atoms with Crippen LogP contribution in [0.4, 0.5) is 0 Å². The number of aromatic nitrogens is 2. The highest BCUT2D eigenvalue weighted by Crippen LogP contribution is 2.08. The van der Waals surface area contributed by atoms with E-state index in [9.17, 15) is 14.4 Å². The summed E-state index contributed by atoms with van der Waals surface area (Å²) in [6, 6.07) is 15.9. The molecule has 0 aliphatic rings. The molecule has 3 rings (SSSR count). The fraction of sp³-hybridized carbons (Fsp3) is 0.238. The van der Waals surface area contributed by atoms with E-state index in [1.807, 2.05) is 36.4 Å². The van der Waals surface area contributed by atoms with E-state index < -0.39 is 11.9 Å². The van der Waals surface area contributed by atoms with Crippen LogP contribution in [0.3, 0.4) is 0 Å². The van der Waals surface area contributed by atoms with Gasteiger partial charge in [-0.05, 0) is 38.0 Å². The Balaban J connectivity index is 1.79. The number of carbonyl (C=O) groups is 2. The Bertz CT molecular complexity index is 1040. The molecule has 0 saturated heterocycles. The zero-order valence-corrected chi connectivity index (χ0v) is 15.3. The molecule has 1 atom stereocenters. The molecule has 0 radical (unpaired) electrons. The summed E-state index contributed by atoms with van der Waals surface area (Å²) in [4.78, 5) is 41.5. The molecule has 6 heteroatoms. The van der Waals surface area contributed by atoms with Crippen LogP contribution < -0.4 is 10.9 Å². The second-order valence-electron chi connectivity index (χ2n) is 6.49. The van der Waals surface area contributed by atoms with Crippen molar-refractivity contribution in [3.05, 3.63) is 76.3 Å². The number of Topliss-reactive ketones (excluding diaryl/α,β-unsaturated/α-hetero) is 1. The van der Waals surface area contributed by atoms with Gasteiger partial charge >= 0.3 is 0 Å². The van der Waals surface area contributed by atoms with E-state index in [0.717, 1.165) is 5.56 Å². The van der Waals surface area contributed by atoms with Crippen LogP contribution in [0.15, 0.2) is 59.4 Å². The van der Waals surface area contributed by atoms with Crippen LogP contribution in [0.2, 0.25) is 0 Å². The van der Waals surface area contributed by atoms with Crippen molar-refractivity contribution in [3.8, 4) is 0 Å². The van der Waals surface area contributed by atoms with Gasteiger partial charge in [0.1, 0.15) is 12.4 Å². The van der Waals surface area contributed by atoms with Gasteiger partial charge in [0.15, 0.2) is 5.78 Å². The number of rotatable bonds is 6. The first-order valence-electron chi connectivity index (χ1n) is 8.75. The second kappa shape index (κ2) is 7.95. The smallest absolute Gasteiger partial charge is 0.261 e. The quantitative estimate of drug-likeness (QED) is 0.726. The Morgan fingerprint density at radius 2 is 1.74 bits per heavy atom. The number of hydrogen-bond acceptors (Lipinski definition) is 4. The van der Waals surface area contributed by atoms with Gasteiger partial charge < -0.3 is 5.32 Å². The summed E-state index contributed by atoms with van der Waals surface area (Å²) < 4.78 is 1.33. The monoisotopic (exact) mass is 363 g/mol. The molecular formula is C21H21N3O3. The van der Waals surface area contributed by atoms with Gasteiger partial charge in [-0.3, -0.25) is 19.0 Å². The molecule has 3 aromatic rings. The van der Waals surface area contributed by atoms with E-state index in [0.29, 0.717) is 23.1 Å². The lowest BCUT2D eigenvalue weighted by Crippen LogP contribution is -2.44. The number of amides is 1. The number of benzene rings is 2. The van der Waals surface area contributed by atoms with Gasteiger partial charge in [-0.25, -0.2) is 4.98 Å². The topological polar surface area (TPSA) is 81.1 Å². The number of nitrogens with one attached hydrogen (secondary N) is 1. The van der Waals surface area contributed by atoms with Crippen molar-refractivity contribution < 1.29 is 9.59 Å². The SMILES string of the molecule is CC(=O)[C@@H](Cc1ccccc1)NC(=O)Cn1c(C)nc2ccccc2c1=O. The number of nitrogens with zero attached hydrogens (tertiary/aromatic N) is 2. The molecule has 6 nitrogen and oxygen atoms in total. The molecule has 0 aliphatic carbocycles. The summed E-state index contributed by atoms with van der Waals surface area (Å²) in [5, 5.41) is 3.20. The Labute approximate surface area is 156 Å². The molecule has 0 spiro atoms. The molecule has 1 aromatic heterocycles. The molecule has 1 heterocycles. The number of ketones is 1. The van der Waals surface area contributed by atoms with Crippen molar-refractivity contribution in [1.29, 1.82) is 0 Å². The van der Waals surface area contributed by atoms with Crippen molar-refractivity contribution in [3.63, 3.8) is 0 Å². The van der Waals surface area contributed by atoms with Gasteiger partial charge in [-0.1, -0.05) is 42.5 Å². The Kier molecular flexibility index (Phi) is 5.45. The second-order valence-corrected chi connectivity index (χ2v) is 6.49. The van der Waals surface area contributed by atoms with Gasteiger partial charge in [0.05, 0.1) is 16.9 Å². The highest BCUT2D eigenvalue weighted by molar-refractivity contribution is 5.87. The summed E-state index contributed by atoms with van der Waals surface area (Å²) in [6.07, 6.45) is 0.408. The standard InChI is InChI=1S/C21H21N3O3/c1-14(25)19(12-16-8-4-3-5-9-16)23-20(26)13-24-15(2)22-18-11-7-6-10-17(18)21(24)27/h3-11,19H,12-13H2,1-2H3,(H,23,26)/t19-/m1/s1.